The number of hydrogen-bond donors (Lipinski definition) is 0. The highest BCUT2D eigenvalue weighted by Gasteiger charge is 2.36. The predicted octanol–water partition coefficient (Wildman–Crippen LogP) is 3.75. The summed E-state index contributed by atoms with van der Waals surface area (Å²) in [5, 5.41) is 0. The maximum Gasteiger partial charge on any atom is 0.243 e. The van der Waals surface area contributed by atoms with Crippen molar-refractivity contribution < 1.29 is 17.9 Å². The van der Waals surface area contributed by atoms with Gasteiger partial charge >= 0.3 is 0 Å². The average molecular weight is 424 g/mol. The summed E-state index contributed by atoms with van der Waals surface area (Å²) in [5.41, 5.74) is 0.947. The van der Waals surface area contributed by atoms with Crippen molar-refractivity contribution in [1.82, 2.24) is 4.31 Å². The van der Waals surface area contributed by atoms with Crippen molar-refractivity contribution >= 4 is 26.0 Å². The van der Waals surface area contributed by atoms with E-state index in [2.05, 4.69) is 15.9 Å². The highest BCUT2D eigenvalue weighted by atomic mass is 79.9. The van der Waals surface area contributed by atoms with E-state index in [-0.39, 0.29) is 6.04 Å². The van der Waals surface area contributed by atoms with Gasteiger partial charge in [0.25, 0.3) is 0 Å². The van der Waals surface area contributed by atoms with E-state index in [9.17, 15) is 8.42 Å². The molecule has 132 valence electrons. The Morgan fingerprint density at radius 2 is 1.72 bits per heavy atom. The Morgan fingerprint density at radius 3 is 2.48 bits per heavy atom. The molecule has 0 N–H and O–H groups in total. The van der Waals surface area contributed by atoms with Crippen molar-refractivity contribution in [2.45, 2.75) is 23.8 Å². The van der Waals surface area contributed by atoms with E-state index in [1.165, 1.54) is 0 Å². The SMILES string of the molecule is O=S(=O)(c1ccc(Br)cc1)N1CCCC1c1ccc2c(c1)OCCO2. The van der Waals surface area contributed by atoms with E-state index in [1.54, 1.807) is 28.6 Å². The van der Waals surface area contributed by atoms with Crippen molar-refractivity contribution in [2.24, 2.45) is 0 Å². The quantitative estimate of drug-likeness (QED) is 0.754. The van der Waals surface area contributed by atoms with Crippen LogP contribution in [0.25, 0.3) is 0 Å². The van der Waals surface area contributed by atoms with Gasteiger partial charge in [-0.2, -0.15) is 4.31 Å². The van der Waals surface area contributed by atoms with Crippen LogP contribution in [0.4, 0.5) is 0 Å². The Balaban J connectivity index is 1.67. The Labute approximate surface area is 155 Å². The average Bonchev–Trinajstić information content (AvgIpc) is 3.12. The van der Waals surface area contributed by atoms with Gasteiger partial charge in [-0.15, -0.1) is 0 Å². The summed E-state index contributed by atoms with van der Waals surface area (Å²) in [6, 6.07) is 12.3. The summed E-state index contributed by atoms with van der Waals surface area (Å²) >= 11 is 3.35. The summed E-state index contributed by atoms with van der Waals surface area (Å²) in [6.45, 7) is 1.58. The zero-order chi connectivity index (χ0) is 17.4. The number of hydrogen-bond acceptors (Lipinski definition) is 4. The Morgan fingerprint density at radius 1 is 1.00 bits per heavy atom. The first-order valence-electron chi connectivity index (χ1n) is 8.23. The van der Waals surface area contributed by atoms with Gasteiger partial charge in [-0.25, -0.2) is 8.42 Å². The van der Waals surface area contributed by atoms with Crippen LogP contribution in [0.1, 0.15) is 24.4 Å². The first-order valence-corrected chi connectivity index (χ1v) is 10.5. The van der Waals surface area contributed by atoms with E-state index in [0.29, 0.717) is 30.4 Å². The molecule has 1 atom stereocenters. The second-order valence-electron chi connectivity index (χ2n) is 6.13. The smallest absolute Gasteiger partial charge is 0.243 e. The third-order valence-electron chi connectivity index (χ3n) is 4.57. The lowest BCUT2D eigenvalue weighted by Crippen LogP contribution is -2.30. The maximum absolute atomic E-state index is 13.1. The molecule has 0 saturated carbocycles. The fourth-order valence-electron chi connectivity index (χ4n) is 3.37. The summed E-state index contributed by atoms with van der Waals surface area (Å²) in [5.74, 6) is 1.41. The van der Waals surface area contributed by atoms with Crippen molar-refractivity contribution in [2.75, 3.05) is 19.8 Å². The number of benzene rings is 2. The molecule has 2 aromatic carbocycles. The van der Waals surface area contributed by atoms with Crippen LogP contribution in [-0.2, 0) is 10.0 Å². The molecule has 0 aliphatic carbocycles. The van der Waals surface area contributed by atoms with Crippen LogP contribution >= 0.6 is 15.9 Å². The lowest BCUT2D eigenvalue weighted by atomic mass is 10.0. The molecule has 7 heteroatoms. The van der Waals surface area contributed by atoms with Crippen LogP contribution in [0.15, 0.2) is 51.8 Å². The number of rotatable bonds is 3. The normalized spacial score (nSPS) is 20.6. The summed E-state index contributed by atoms with van der Waals surface area (Å²) < 4.78 is 39.8. The fourth-order valence-corrected chi connectivity index (χ4v) is 5.32. The van der Waals surface area contributed by atoms with Crippen molar-refractivity contribution in [3.63, 3.8) is 0 Å². The third-order valence-corrected chi connectivity index (χ3v) is 7.03. The first-order chi connectivity index (χ1) is 12.1. The zero-order valence-electron chi connectivity index (χ0n) is 13.5. The van der Waals surface area contributed by atoms with Gasteiger partial charge in [0, 0.05) is 11.0 Å². The van der Waals surface area contributed by atoms with Gasteiger partial charge in [0.05, 0.1) is 10.9 Å². The van der Waals surface area contributed by atoms with Gasteiger partial charge in [0.15, 0.2) is 11.5 Å². The number of nitrogens with zero attached hydrogens (tertiary/aromatic N) is 1. The molecule has 5 nitrogen and oxygen atoms in total. The molecule has 2 heterocycles. The highest BCUT2D eigenvalue weighted by Crippen LogP contribution is 2.40. The lowest BCUT2D eigenvalue weighted by molar-refractivity contribution is 0.171. The molecule has 1 unspecified atom stereocenters. The minimum Gasteiger partial charge on any atom is -0.486 e. The second kappa shape index (κ2) is 6.63. The Kier molecular flexibility index (Phi) is 4.47. The van der Waals surface area contributed by atoms with Crippen molar-refractivity contribution in [3.05, 3.63) is 52.5 Å². The highest BCUT2D eigenvalue weighted by molar-refractivity contribution is 9.10. The topological polar surface area (TPSA) is 55.8 Å². The van der Waals surface area contributed by atoms with E-state index in [1.807, 2.05) is 18.2 Å². The predicted molar refractivity (Wildman–Crippen MR) is 97.4 cm³/mol. The van der Waals surface area contributed by atoms with E-state index in [0.717, 1.165) is 28.6 Å². The molecule has 4 rings (SSSR count). The van der Waals surface area contributed by atoms with Gasteiger partial charge in [-0.1, -0.05) is 22.0 Å². The van der Waals surface area contributed by atoms with E-state index >= 15 is 0 Å². The van der Waals surface area contributed by atoms with Crippen LogP contribution in [0.2, 0.25) is 0 Å². The Hall–Kier alpha value is -1.57. The molecule has 25 heavy (non-hydrogen) atoms. The molecule has 0 bridgehead atoms. The summed E-state index contributed by atoms with van der Waals surface area (Å²) in [4.78, 5) is 0.320. The van der Waals surface area contributed by atoms with Crippen molar-refractivity contribution in [1.29, 1.82) is 0 Å². The van der Waals surface area contributed by atoms with Crippen LogP contribution in [0.5, 0.6) is 11.5 Å². The number of ether oxygens (including phenoxy) is 2. The summed E-state index contributed by atoms with van der Waals surface area (Å²) in [6.07, 6.45) is 1.64. The Bertz CT molecular complexity index is 882. The van der Waals surface area contributed by atoms with Crippen LogP contribution in [0, 0.1) is 0 Å². The molecule has 0 aromatic heterocycles. The first kappa shape index (κ1) is 16.9. The fraction of sp³-hybridized carbons (Fsp3) is 0.333. The van der Waals surface area contributed by atoms with Gasteiger partial charge < -0.3 is 9.47 Å². The molecule has 0 radical (unpaired) electrons. The van der Waals surface area contributed by atoms with E-state index in [4.69, 9.17) is 9.47 Å². The van der Waals surface area contributed by atoms with E-state index < -0.39 is 10.0 Å². The van der Waals surface area contributed by atoms with Crippen LogP contribution in [0.3, 0.4) is 0 Å². The monoisotopic (exact) mass is 423 g/mol. The molecule has 1 saturated heterocycles. The minimum absolute atomic E-state index is 0.176. The third kappa shape index (κ3) is 3.16. The van der Waals surface area contributed by atoms with Gasteiger partial charge in [-0.3, -0.25) is 0 Å². The van der Waals surface area contributed by atoms with Gasteiger partial charge in [0.1, 0.15) is 13.2 Å². The molecule has 2 aromatic rings. The molecular weight excluding hydrogens is 406 g/mol. The molecule has 2 aliphatic rings. The lowest BCUT2D eigenvalue weighted by Gasteiger charge is -2.26. The molecule has 0 spiro atoms. The van der Waals surface area contributed by atoms with Crippen LogP contribution < -0.4 is 9.47 Å². The standard InChI is InChI=1S/C18H18BrNO4S/c19-14-4-6-15(7-5-14)25(21,22)20-9-1-2-16(20)13-3-8-17-18(12-13)24-11-10-23-17/h3-8,12,16H,1-2,9-11H2. The van der Waals surface area contributed by atoms with Gasteiger partial charge in [0.2, 0.25) is 10.0 Å². The molecule has 0 amide bonds. The van der Waals surface area contributed by atoms with Crippen molar-refractivity contribution in [3.8, 4) is 11.5 Å². The minimum atomic E-state index is -3.53. The van der Waals surface area contributed by atoms with Crippen LogP contribution in [-0.4, -0.2) is 32.5 Å². The molecule has 1 fully saturated rings. The number of halogens is 1. The molecular formula is C18H18BrNO4S. The number of fused-ring (bicyclic) bond motifs is 1. The number of sulfonamides is 1. The maximum atomic E-state index is 13.1. The largest absolute Gasteiger partial charge is 0.486 e. The summed E-state index contributed by atoms with van der Waals surface area (Å²) in [7, 11) is -3.53. The van der Waals surface area contributed by atoms with Gasteiger partial charge in [-0.05, 0) is 54.8 Å². The second-order valence-corrected chi connectivity index (χ2v) is 8.94. The molecule has 2 aliphatic heterocycles. The zero-order valence-corrected chi connectivity index (χ0v) is 15.9.